The molecule has 0 spiro atoms. The van der Waals surface area contributed by atoms with Crippen LogP contribution in [0.3, 0.4) is 0 Å². The zero-order chi connectivity index (χ0) is 21.7. The van der Waals surface area contributed by atoms with Crippen LogP contribution in [0.15, 0.2) is 35.9 Å². The van der Waals surface area contributed by atoms with Gasteiger partial charge in [0.2, 0.25) is 0 Å². The van der Waals surface area contributed by atoms with Gasteiger partial charge in [0.1, 0.15) is 11.6 Å². The molecular formula is C23H26N4O2S. The molecule has 2 heterocycles. The molecule has 0 aliphatic carbocycles. The quantitative estimate of drug-likeness (QED) is 0.389. The van der Waals surface area contributed by atoms with E-state index in [-0.39, 0.29) is 11.5 Å². The summed E-state index contributed by atoms with van der Waals surface area (Å²) in [7, 11) is 1.59. The summed E-state index contributed by atoms with van der Waals surface area (Å²) in [6.07, 6.45) is 2.70. The van der Waals surface area contributed by atoms with Crippen molar-refractivity contribution in [1.82, 2.24) is 9.55 Å². The van der Waals surface area contributed by atoms with Crippen LogP contribution in [0, 0.1) is 25.2 Å². The highest BCUT2D eigenvalue weighted by Crippen LogP contribution is 2.30. The molecule has 156 valence electrons. The molecule has 7 heteroatoms. The Kier molecular flexibility index (Phi) is 7.03. The van der Waals surface area contributed by atoms with Gasteiger partial charge in [-0.15, -0.1) is 0 Å². The second-order valence-corrected chi connectivity index (χ2v) is 8.07. The fraction of sp³-hybridized carbons (Fsp3) is 0.348. The van der Waals surface area contributed by atoms with E-state index in [1.807, 2.05) is 44.2 Å². The highest BCUT2D eigenvalue weighted by molar-refractivity contribution is 7.22. The van der Waals surface area contributed by atoms with Crippen LogP contribution in [0.5, 0.6) is 0 Å². The number of amides is 1. The molecule has 1 aromatic carbocycles. The van der Waals surface area contributed by atoms with Gasteiger partial charge < -0.3 is 9.30 Å². The third-order valence-electron chi connectivity index (χ3n) is 4.99. The minimum Gasteiger partial charge on any atom is -0.383 e. The number of nitrogens with zero attached hydrogens (tertiary/aromatic N) is 4. The van der Waals surface area contributed by atoms with E-state index in [1.54, 1.807) is 13.2 Å². The normalized spacial score (nSPS) is 11.6. The maximum Gasteiger partial charge on any atom is 0.270 e. The van der Waals surface area contributed by atoms with E-state index in [0.717, 1.165) is 40.1 Å². The third-order valence-corrected chi connectivity index (χ3v) is 6.05. The number of thiazole rings is 1. The molecule has 0 unspecified atom stereocenters. The number of nitriles is 1. The molecule has 3 rings (SSSR count). The van der Waals surface area contributed by atoms with Crippen molar-refractivity contribution in [2.75, 3.05) is 25.2 Å². The number of fused-ring (bicyclic) bond motifs is 1. The van der Waals surface area contributed by atoms with E-state index >= 15 is 0 Å². The second-order valence-electron chi connectivity index (χ2n) is 7.06. The van der Waals surface area contributed by atoms with Crippen LogP contribution in [-0.2, 0) is 16.1 Å². The lowest BCUT2D eigenvalue weighted by Gasteiger charge is -2.19. The molecule has 0 aliphatic rings. The molecule has 0 bridgehead atoms. The monoisotopic (exact) mass is 422 g/mol. The van der Waals surface area contributed by atoms with E-state index in [9.17, 15) is 10.1 Å². The lowest BCUT2D eigenvalue weighted by Crippen LogP contribution is -2.34. The number of methoxy groups -OCH3 is 1. The molecule has 6 nitrogen and oxygen atoms in total. The van der Waals surface area contributed by atoms with Gasteiger partial charge in [-0.1, -0.05) is 30.4 Å². The first kappa shape index (κ1) is 21.8. The Bertz CT molecular complexity index is 1090. The molecule has 2 aromatic heterocycles. The Morgan fingerprint density at radius 3 is 2.80 bits per heavy atom. The molecular weight excluding hydrogens is 396 g/mol. The summed E-state index contributed by atoms with van der Waals surface area (Å²) in [5.74, 6) is -0.367. The van der Waals surface area contributed by atoms with Gasteiger partial charge in [-0.25, -0.2) is 4.98 Å². The van der Waals surface area contributed by atoms with Gasteiger partial charge in [0.05, 0.1) is 23.4 Å². The Morgan fingerprint density at radius 2 is 2.13 bits per heavy atom. The molecule has 0 aliphatic heterocycles. The van der Waals surface area contributed by atoms with E-state index < -0.39 is 0 Å². The van der Waals surface area contributed by atoms with Crippen molar-refractivity contribution in [3.8, 4) is 6.07 Å². The summed E-state index contributed by atoms with van der Waals surface area (Å²) in [5.41, 5.74) is 3.98. The SMILES string of the molecule is CCCn1c(C)cc(/C=C(\C#N)C(=O)N(CCOC)c2nc3ccccc3s2)c1C. The van der Waals surface area contributed by atoms with Crippen molar-refractivity contribution in [3.63, 3.8) is 0 Å². The fourth-order valence-electron chi connectivity index (χ4n) is 3.43. The zero-order valence-corrected chi connectivity index (χ0v) is 18.6. The Morgan fingerprint density at radius 1 is 1.37 bits per heavy atom. The number of carbonyl (C=O) groups excluding carboxylic acids is 1. The van der Waals surface area contributed by atoms with Crippen molar-refractivity contribution in [1.29, 1.82) is 5.26 Å². The minimum atomic E-state index is -0.367. The summed E-state index contributed by atoms with van der Waals surface area (Å²) in [5, 5.41) is 10.3. The van der Waals surface area contributed by atoms with Gasteiger partial charge in [-0.2, -0.15) is 5.26 Å². The molecule has 0 radical (unpaired) electrons. The smallest absolute Gasteiger partial charge is 0.270 e. The summed E-state index contributed by atoms with van der Waals surface area (Å²) in [6, 6.07) is 11.9. The zero-order valence-electron chi connectivity index (χ0n) is 17.8. The van der Waals surface area contributed by atoms with Crippen LogP contribution < -0.4 is 4.90 Å². The van der Waals surface area contributed by atoms with E-state index in [1.165, 1.54) is 16.2 Å². The first-order valence-electron chi connectivity index (χ1n) is 9.95. The van der Waals surface area contributed by atoms with Gasteiger partial charge in [-0.3, -0.25) is 9.69 Å². The lowest BCUT2D eigenvalue weighted by atomic mass is 10.1. The number of benzene rings is 1. The third kappa shape index (κ3) is 4.45. The standard InChI is InChI=1S/C23H26N4O2S/c1-5-10-26-16(2)13-18(17(26)3)14-19(15-24)22(28)27(11-12-29-4)23-25-20-8-6-7-9-21(20)30-23/h6-9,13-14H,5,10-12H2,1-4H3/b19-14+. The summed E-state index contributed by atoms with van der Waals surface area (Å²) < 4.78 is 8.40. The number of aryl methyl sites for hydroxylation is 1. The first-order valence-corrected chi connectivity index (χ1v) is 10.8. The van der Waals surface area contributed by atoms with Crippen molar-refractivity contribution in [2.24, 2.45) is 0 Å². The molecule has 0 fully saturated rings. The van der Waals surface area contributed by atoms with Gasteiger partial charge in [-0.05, 0) is 50.1 Å². The number of hydrogen-bond donors (Lipinski definition) is 0. The Labute approximate surface area is 181 Å². The van der Waals surface area contributed by atoms with Crippen molar-refractivity contribution >= 4 is 38.7 Å². The van der Waals surface area contributed by atoms with Gasteiger partial charge in [0, 0.05) is 25.0 Å². The van der Waals surface area contributed by atoms with Gasteiger partial charge in [0.15, 0.2) is 5.13 Å². The second kappa shape index (κ2) is 9.70. The number of rotatable bonds is 8. The highest BCUT2D eigenvalue weighted by Gasteiger charge is 2.23. The van der Waals surface area contributed by atoms with Crippen LogP contribution in [0.1, 0.15) is 30.3 Å². The number of anilines is 1. The molecule has 0 saturated carbocycles. The van der Waals surface area contributed by atoms with Crippen LogP contribution in [0.4, 0.5) is 5.13 Å². The highest BCUT2D eigenvalue weighted by atomic mass is 32.1. The summed E-state index contributed by atoms with van der Waals surface area (Å²) >= 11 is 1.43. The lowest BCUT2D eigenvalue weighted by molar-refractivity contribution is -0.114. The predicted molar refractivity (Wildman–Crippen MR) is 122 cm³/mol. The largest absolute Gasteiger partial charge is 0.383 e. The van der Waals surface area contributed by atoms with Crippen LogP contribution in [0.2, 0.25) is 0 Å². The maximum atomic E-state index is 13.3. The molecule has 30 heavy (non-hydrogen) atoms. The maximum absolute atomic E-state index is 13.3. The predicted octanol–water partition coefficient (Wildman–Crippen LogP) is 4.71. The topological polar surface area (TPSA) is 71.2 Å². The number of aromatic nitrogens is 2. The molecule has 0 N–H and O–H groups in total. The van der Waals surface area contributed by atoms with Crippen LogP contribution in [0.25, 0.3) is 16.3 Å². The Balaban J connectivity index is 1.99. The van der Waals surface area contributed by atoms with Gasteiger partial charge >= 0.3 is 0 Å². The molecule has 0 saturated heterocycles. The number of hydrogen-bond acceptors (Lipinski definition) is 5. The Hall–Kier alpha value is -2.95. The first-order chi connectivity index (χ1) is 14.5. The average molecular weight is 423 g/mol. The number of para-hydroxylation sites is 1. The average Bonchev–Trinajstić information content (AvgIpc) is 3.28. The van der Waals surface area contributed by atoms with Crippen molar-refractivity contribution < 1.29 is 9.53 Å². The van der Waals surface area contributed by atoms with Crippen LogP contribution in [-0.4, -0.2) is 35.7 Å². The fourth-order valence-corrected chi connectivity index (χ4v) is 4.42. The van der Waals surface area contributed by atoms with Crippen molar-refractivity contribution in [3.05, 3.63) is 52.9 Å². The van der Waals surface area contributed by atoms with Crippen LogP contribution >= 0.6 is 11.3 Å². The number of ether oxygens (including phenoxy) is 1. The summed E-state index contributed by atoms with van der Waals surface area (Å²) in [4.78, 5) is 19.5. The minimum absolute atomic E-state index is 0.0853. The van der Waals surface area contributed by atoms with Crippen molar-refractivity contribution in [2.45, 2.75) is 33.7 Å². The summed E-state index contributed by atoms with van der Waals surface area (Å²) in [6.45, 7) is 7.77. The number of carbonyl (C=O) groups is 1. The molecule has 1 amide bonds. The molecule has 0 atom stereocenters. The van der Waals surface area contributed by atoms with E-state index in [0.29, 0.717) is 18.3 Å². The van der Waals surface area contributed by atoms with Gasteiger partial charge in [0.25, 0.3) is 5.91 Å². The van der Waals surface area contributed by atoms with E-state index in [4.69, 9.17) is 4.74 Å². The van der Waals surface area contributed by atoms with E-state index in [2.05, 4.69) is 22.5 Å². The molecule has 3 aromatic rings.